The molecule has 0 aromatic heterocycles. The lowest BCUT2D eigenvalue weighted by Crippen LogP contribution is -2.32. The van der Waals surface area contributed by atoms with Crippen molar-refractivity contribution in [1.29, 1.82) is 0 Å². The molecule has 3 heteroatoms. The van der Waals surface area contributed by atoms with Gasteiger partial charge >= 0.3 is 0 Å². The molecule has 1 nitrogen and oxygen atoms in total. The summed E-state index contributed by atoms with van der Waals surface area (Å²) in [4.78, 5) is 12.9. The zero-order chi connectivity index (χ0) is 11.5. The van der Waals surface area contributed by atoms with Gasteiger partial charge in [0.05, 0.1) is 0 Å². The summed E-state index contributed by atoms with van der Waals surface area (Å²) in [5.41, 5.74) is 0. The molecular formula is C13H16FOS+. The minimum absolute atomic E-state index is 0.0744. The zero-order valence-corrected chi connectivity index (χ0v) is 10.2. The van der Waals surface area contributed by atoms with Gasteiger partial charge in [-0.3, -0.25) is 4.79 Å². The van der Waals surface area contributed by atoms with Gasteiger partial charge in [-0.25, -0.2) is 4.39 Å². The number of hydrogen-bond donors (Lipinski definition) is 0. The number of halogens is 1. The smallest absolute Gasteiger partial charge is 0.185 e. The average Bonchev–Trinajstić information content (AvgIpc) is 2.30. The Morgan fingerprint density at radius 1 is 1.25 bits per heavy atom. The van der Waals surface area contributed by atoms with Gasteiger partial charge < -0.3 is 0 Å². The highest BCUT2D eigenvalue weighted by molar-refractivity contribution is 7.97. The van der Waals surface area contributed by atoms with Crippen LogP contribution in [0.25, 0.3) is 0 Å². The van der Waals surface area contributed by atoms with Crippen molar-refractivity contribution >= 4 is 16.7 Å². The Labute approximate surface area is 98.4 Å². The highest BCUT2D eigenvalue weighted by Crippen LogP contribution is 2.26. The molecule has 2 rings (SSSR count). The molecule has 0 N–H and O–H groups in total. The van der Waals surface area contributed by atoms with Gasteiger partial charge in [-0.2, -0.15) is 0 Å². The Bertz CT molecular complexity index is 374. The summed E-state index contributed by atoms with van der Waals surface area (Å²) in [6.07, 6.45) is 6.00. The van der Waals surface area contributed by atoms with Crippen molar-refractivity contribution in [2.75, 3.05) is 6.26 Å². The van der Waals surface area contributed by atoms with Gasteiger partial charge in [0.1, 0.15) is 12.1 Å². The van der Waals surface area contributed by atoms with E-state index >= 15 is 0 Å². The molecule has 86 valence electrons. The predicted octanol–water partition coefficient (Wildman–Crippen LogP) is 2.94. The van der Waals surface area contributed by atoms with Crippen LogP contribution in [0.5, 0.6) is 0 Å². The van der Waals surface area contributed by atoms with Crippen molar-refractivity contribution in [2.24, 2.45) is 0 Å². The molecule has 16 heavy (non-hydrogen) atoms. The molecule has 2 atom stereocenters. The summed E-state index contributed by atoms with van der Waals surface area (Å²) in [6, 6.07) is 6.57. The second kappa shape index (κ2) is 5.00. The van der Waals surface area contributed by atoms with E-state index in [0.29, 0.717) is 5.78 Å². The Balaban J connectivity index is 2.14. The van der Waals surface area contributed by atoms with Crippen LogP contribution in [-0.2, 0) is 15.7 Å². The summed E-state index contributed by atoms with van der Waals surface area (Å²) < 4.78 is 12.8. The molecular weight excluding hydrogens is 223 g/mol. The van der Waals surface area contributed by atoms with Crippen LogP contribution < -0.4 is 0 Å². The summed E-state index contributed by atoms with van der Waals surface area (Å²) in [6.45, 7) is 0. The number of hydrogen-bond acceptors (Lipinski definition) is 1. The fourth-order valence-corrected chi connectivity index (χ4v) is 4.06. The van der Waals surface area contributed by atoms with Crippen LogP contribution in [0.3, 0.4) is 0 Å². The van der Waals surface area contributed by atoms with E-state index in [0.717, 1.165) is 30.6 Å². The third kappa shape index (κ3) is 2.46. The quantitative estimate of drug-likeness (QED) is 0.725. The summed E-state index contributed by atoms with van der Waals surface area (Å²) in [5.74, 6) is 0.178. The van der Waals surface area contributed by atoms with E-state index in [1.165, 1.54) is 12.1 Å². The van der Waals surface area contributed by atoms with Crippen molar-refractivity contribution in [3.05, 3.63) is 30.1 Å². The maximum absolute atomic E-state index is 12.8. The molecule has 1 saturated carbocycles. The van der Waals surface area contributed by atoms with Gasteiger partial charge in [0.25, 0.3) is 0 Å². The Kier molecular flexibility index (Phi) is 3.64. The van der Waals surface area contributed by atoms with Gasteiger partial charge in [0, 0.05) is 23.7 Å². The van der Waals surface area contributed by atoms with Crippen LogP contribution in [0, 0.1) is 5.82 Å². The molecule has 0 radical (unpaired) electrons. The van der Waals surface area contributed by atoms with E-state index in [1.807, 2.05) is 0 Å². The van der Waals surface area contributed by atoms with Crippen LogP contribution in [0.1, 0.15) is 25.7 Å². The van der Waals surface area contributed by atoms with Gasteiger partial charge in [-0.15, -0.1) is 0 Å². The minimum Gasteiger partial charge on any atom is -0.294 e. The lowest BCUT2D eigenvalue weighted by Gasteiger charge is -2.19. The lowest BCUT2D eigenvalue weighted by molar-refractivity contribution is -0.119. The maximum Gasteiger partial charge on any atom is 0.185 e. The molecule has 1 aliphatic carbocycles. The molecule has 0 bridgehead atoms. The highest BCUT2D eigenvalue weighted by Gasteiger charge is 2.36. The Morgan fingerprint density at radius 3 is 2.56 bits per heavy atom. The number of rotatable bonds is 2. The third-order valence-corrected chi connectivity index (χ3v) is 5.48. The van der Waals surface area contributed by atoms with Crippen molar-refractivity contribution in [3.8, 4) is 0 Å². The fourth-order valence-electron chi connectivity index (χ4n) is 2.14. The number of benzene rings is 1. The highest BCUT2D eigenvalue weighted by atomic mass is 32.2. The van der Waals surface area contributed by atoms with Crippen LogP contribution in [0.15, 0.2) is 29.2 Å². The van der Waals surface area contributed by atoms with E-state index in [2.05, 4.69) is 6.26 Å². The number of carbonyl (C=O) groups excluding carboxylic acids is 1. The van der Waals surface area contributed by atoms with Gasteiger partial charge in [0.15, 0.2) is 15.9 Å². The summed E-state index contributed by atoms with van der Waals surface area (Å²) in [5, 5.41) is 0.166. The Hall–Kier alpha value is -0.830. The number of carbonyl (C=O) groups is 1. The van der Waals surface area contributed by atoms with Crippen molar-refractivity contribution < 1.29 is 9.18 Å². The normalized spacial score (nSPS) is 23.1. The number of ketones is 1. The summed E-state index contributed by atoms with van der Waals surface area (Å²) in [7, 11) is -0.0744. The second-order valence-electron chi connectivity index (χ2n) is 4.21. The van der Waals surface area contributed by atoms with E-state index in [4.69, 9.17) is 0 Å². The molecule has 0 saturated heterocycles. The predicted molar refractivity (Wildman–Crippen MR) is 65.2 cm³/mol. The first kappa shape index (κ1) is 11.6. The summed E-state index contributed by atoms with van der Waals surface area (Å²) >= 11 is 0. The van der Waals surface area contributed by atoms with Crippen LogP contribution in [0.4, 0.5) is 4.39 Å². The lowest BCUT2D eigenvalue weighted by atomic mass is 9.99. The molecule has 1 fully saturated rings. The zero-order valence-electron chi connectivity index (χ0n) is 9.41. The largest absolute Gasteiger partial charge is 0.294 e. The van der Waals surface area contributed by atoms with Gasteiger partial charge in [-0.05, 0) is 37.1 Å². The molecule has 1 aromatic carbocycles. The fraction of sp³-hybridized carbons (Fsp3) is 0.462. The maximum atomic E-state index is 12.8. The second-order valence-corrected chi connectivity index (χ2v) is 6.37. The molecule has 2 unspecified atom stereocenters. The molecule has 0 spiro atoms. The Morgan fingerprint density at radius 2 is 1.94 bits per heavy atom. The van der Waals surface area contributed by atoms with Gasteiger partial charge in [0.2, 0.25) is 0 Å². The first-order valence-corrected chi connectivity index (χ1v) is 7.31. The van der Waals surface area contributed by atoms with Crippen molar-refractivity contribution in [2.45, 2.75) is 35.8 Å². The minimum atomic E-state index is -0.212. The van der Waals surface area contributed by atoms with E-state index in [9.17, 15) is 9.18 Å². The van der Waals surface area contributed by atoms with Crippen LogP contribution in [-0.4, -0.2) is 17.3 Å². The third-order valence-electron chi connectivity index (χ3n) is 3.11. The molecule has 0 heterocycles. The van der Waals surface area contributed by atoms with Crippen molar-refractivity contribution in [1.82, 2.24) is 0 Å². The first-order valence-electron chi connectivity index (χ1n) is 5.61. The van der Waals surface area contributed by atoms with Crippen LogP contribution in [0.2, 0.25) is 0 Å². The van der Waals surface area contributed by atoms with Crippen LogP contribution >= 0.6 is 0 Å². The molecule has 1 aromatic rings. The molecule has 0 amide bonds. The first-order chi connectivity index (χ1) is 7.68. The monoisotopic (exact) mass is 239 g/mol. The van der Waals surface area contributed by atoms with Crippen molar-refractivity contribution in [3.63, 3.8) is 0 Å². The van der Waals surface area contributed by atoms with Gasteiger partial charge in [-0.1, -0.05) is 0 Å². The molecule has 0 aliphatic heterocycles. The van der Waals surface area contributed by atoms with E-state index in [1.54, 1.807) is 12.1 Å². The average molecular weight is 239 g/mol. The molecule has 1 aliphatic rings. The topological polar surface area (TPSA) is 17.1 Å². The van der Waals surface area contributed by atoms with E-state index in [-0.39, 0.29) is 22.0 Å². The van der Waals surface area contributed by atoms with E-state index < -0.39 is 0 Å². The SMILES string of the molecule is C[S+](c1ccc(F)cc1)C1CCCCC1=O. The standard InChI is InChI=1S/C13H16FOS/c1-16(11-8-6-10(14)7-9-11)13-5-3-2-4-12(13)15/h6-9,13H,2-5H2,1H3/q+1. The number of Topliss-reactive ketones (excluding diaryl/α,β-unsaturated/α-hetero) is 1.